The number of benzene rings is 1. The number of rotatable bonds is 5. The van der Waals surface area contributed by atoms with Gasteiger partial charge in [0, 0.05) is 19.0 Å². The number of halogens is 2. The van der Waals surface area contributed by atoms with Gasteiger partial charge in [-0.3, -0.25) is 9.59 Å². The maximum absolute atomic E-state index is 12.2. The van der Waals surface area contributed by atoms with Gasteiger partial charge in [-0.2, -0.15) is 8.78 Å². The van der Waals surface area contributed by atoms with Crippen molar-refractivity contribution in [1.82, 2.24) is 4.90 Å². The standard InChI is InChI=1S/C15H18F2N2O3/c16-15(17)22-12-3-1-10(2-4-12)9-13(20)19-7-5-11(6-8-19)14(18)21/h1-4,11,15H,5-9H2,(H2,18,21). The van der Waals surface area contributed by atoms with E-state index in [1.54, 1.807) is 17.0 Å². The molecule has 0 aliphatic carbocycles. The normalized spacial score (nSPS) is 15.9. The van der Waals surface area contributed by atoms with Crippen LogP contribution in [0.25, 0.3) is 0 Å². The van der Waals surface area contributed by atoms with Crippen LogP contribution in [0.3, 0.4) is 0 Å². The first-order valence-electron chi connectivity index (χ1n) is 7.06. The Morgan fingerprint density at radius 2 is 1.82 bits per heavy atom. The van der Waals surface area contributed by atoms with Crippen molar-refractivity contribution in [2.45, 2.75) is 25.9 Å². The van der Waals surface area contributed by atoms with Crippen LogP contribution in [0.15, 0.2) is 24.3 Å². The van der Waals surface area contributed by atoms with Gasteiger partial charge in [0.15, 0.2) is 0 Å². The van der Waals surface area contributed by atoms with Crippen molar-refractivity contribution >= 4 is 11.8 Å². The summed E-state index contributed by atoms with van der Waals surface area (Å²) in [5, 5.41) is 0. The molecule has 1 saturated heterocycles. The maximum Gasteiger partial charge on any atom is 0.387 e. The Bertz CT molecular complexity index is 526. The van der Waals surface area contributed by atoms with Gasteiger partial charge in [0.1, 0.15) is 5.75 Å². The van der Waals surface area contributed by atoms with E-state index < -0.39 is 6.61 Å². The zero-order valence-electron chi connectivity index (χ0n) is 12.0. The zero-order chi connectivity index (χ0) is 16.1. The lowest BCUT2D eigenvalue weighted by atomic mass is 9.96. The molecule has 1 aromatic rings. The highest BCUT2D eigenvalue weighted by Crippen LogP contribution is 2.19. The van der Waals surface area contributed by atoms with Crippen molar-refractivity contribution in [3.8, 4) is 5.75 Å². The number of ether oxygens (including phenoxy) is 1. The molecule has 22 heavy (non-hydrogen) atoms. The molecule has 1 aliphatic rings. The predicted molar refractivity (Wildman–Crippen MR) is 75.3 cm³/mol. The molecule has 0 unspecified atom stereocenters. The number of alkyl halides is 2. The third kappa shape index (κ3) is 4.41. The number of hydrogen-bond acceptors (Lipinski definition) is 3. The van der Waals surface area contributed by atoms with Gasteiger partial charge in [0.2, 0.25) is 11.8 Å². The number of carbonyl (C=O) groups excluding carboxylic acids is 2. The molecular weight excluding hydrogens is 294 g/mol. The summed E-state index contributed by atoms with van der Waals surface area (Å²) < 4.78 is 28.3. The minimum absolute atomic E-state index is 0.0505. The van der Waals surface area contributed by atoms with Crippen LogP contribution in [0, 0.1) is 5.92 Å². The van der Waals surface area contributed by atoms with Crippen LogP contribution in [0.4, 0.5) is 8.78 Å². The number of hydrogen-bond donors (Lipinski definition) is 1. The van der Waals surface area contributed by atoms with Gasteiger partial charge < -0.3 is 15.4 Å². The molecule has 1 aliphatic heterocycles. The van der Waals surface area contributed by atoms with Crippen molar-refractivity contribution in [2.24, 2.45) is 11.7 Å². The van der Waals surface area contributed by atoms with E-state index in [1.165, 1.54) is 12.1 Å². The van der Waals surface area contributed by atoms with Crippen molar-refractivity contribution in [1.29, 1.82) is 0 Å². The van der Waals surface area contributed by atoms with Gasteiger partial charge in [0.25, 0.3) is 0 Å². The first-order chi connectivity index (χ1) is 10.5. The molecule has 0 radical (unpaired) electrons. The third-order valence-corrected chi connectivity index (χ3v) is 3.75. The van der Waals surface area contributed by atoms with E-state index in [1.807, 2.05) is 0 Å². The number of nitrogens with two attached hydrogens (primary N) is 1. The Labute approximate surface area is 127 Å². The summed E-state index contributed by atoms with van der Waals surface area (Å²) in [4.78, 5) is 24.9. The van der Waals surface area contributed by atoms with E-state index in [-0.39, 0.29) is 29.9 Å². The summed E-state index contributed by atoms with van der Waals surface area (Å²) in [6, 6.07) is 6.00. The third-order valence-electron chi connectivity index (χ3n) is 3.75. The number of amides is 2. The fraction of sp³-hybridized carbons (Fsp3) is 0.467. The molecule has 0 atom stereocenters. The topological polar surface area (TPSA) is 72.6 Å². The molecule has 120 valence electrons. The largest absolute Gasteiger partial charge is 0.435 e. The SMILES string of the molecule is NC(=O)C1CCN(C(=O)Cc2ccc(OC(F)F)cc2)CC1. The van der Waals surface area contributed by atoms with Crippen molar-refractivity contribution in [2.75, 3.05) is 13.1 Å². The molecule has 0 aromatic heterocycles. The minimum atomic E-state index is -2.86. The van der Waals surface area contributed by atoms with Crippen LogP contribution in [-0.4, -0.2) is 36.4 Å². The molecule has 0 spiro atoms. The summed E-state index contributed by atoms with van der Waals surface area (Å²) in [6.07, 6.45) is 1.36. The molecule has 2 amide bonds. The Hall–Kier alpha value is -2.18. The second kappa shape index (κ2) is 7.20. The second-order valence-corrected chi connectivity index (χ2v) is 5.26. The summed E-state index contributed by atoms with van der Waals surface area (Å²) >= 11 is 0. The van der Waals surface area contributed by atoms with Crippen LogP contribution in [-0.2, 0) is 16.0 Å². The van der Waals surface area contributed by atoms with Gasteiger partial charge in [-0.05, 0) is 30.5 Å². The van der Waals surface area contributed by atoms with Crippen molar-refractivity contribution in [3.05, 3.63) is 29.8 Å². The molecule has 1 heterocycles. The van der Waals surface area contributed by atoms with Crippen LogP contribution >= 0.6 is 0 Å². The molecule has 1 fully saturated rings. The average Bonchev–Trinajstić information content (AvgIpc) is 2.49. The van der Waals surface area contributed by atoms with E-state index in [9.17, 15) is 18.4 Å². The highest BCUT2D eigenvalue weighted by Gasteiger charge is 2.25. The molecule has 0 bridgehead atoms. The summed E-state index contributed by atoms with van der Waals surface area (Å²) in [7, 11) is 0. The van der Waals surface area contributed by atoms with Crippen LogP contribution in [0.2, 0.25) is 0 Å². The molecule has 2 rings (SSSR count). The highest BCUT2D eigenvalue weighted by atomic mass is 19.3. The fourth-order valence-corrected chi connectivity index (χ4v) is 2.49. The zero-order valence-corrected chi connectivity index (χ0v) is 12.0. The van der Waals surface area contributed by atoms with Crippen molar-refractivity contribution in [3.63, 3.8) is 0 Å². The number of nitrogens with zero attached hydrogens (tertiary/aromatic N) is 1. The Kier molecular flexibility index (Phi) is 5.30. The van der Waals surface area contributed by atoms with E-state index in [4.69, 9.17) is 5.73 Å². The van der Waals surface area contributed by atoms with Gasteiger partial charge in [-0.15, -0.1) is 0 Å². The molecule has 7 heteroatoms. The second-order valence-electron chi connectivity index (χ2n) is 5.26. The van der Waals surface area contributed by atoms with Gasteiger partial charge in [0.05, 0.1) is 6.42 Å². The highest BCUT2D eigenvalue weighted by molar-refractivity contribution is 5.80. The van der Waals surface area contributed by atoms with Crippen LogP contribution in [0.5, 0.6) is 5.75 Å². The molecular formula is C15H18F2N2O3. The first kappa shape index (κ1) is 16.2. The Morgan fingerprint density at radius 1 is 1.23 bits per heavy atom. The fourth-order valence-electron chi connectivity index (χ4n) is 2.49. The molecule has 1 aromatic carbocycles. The van der Waals surface area contributed by atoms with Gasteiger partial charge in [-0.25, -0.2) is 0 Å². The summed E-state index contributed by atoms with van der Waals surface area (Å²) in [5.74, 6) is -0.463. The summed E-state index contributed by atoms with van der Waals surface area (Å²) in [6.45, 7) is -1.84. The van der Waals surface area contributed by atoms with E-state index in [0.717, 1.165) is 5.56 Å². The van der Waals surface area contributed by atoms with E-state index in [0.29, 0.717) is 25.9 Å². The lowest BCUT2D eigenvalue weighted by Gasteiger charge is -2.30. The molecule has 0 saturated carbocycles. The van der Waals surface area contributed by atoms with Gasteiger partial charge >= 0.3 is 6.61 Å². The average molecular weight is 312 g/mol. The Balaban J connectivity index is 1.86. The first-order valence-corrected chi connectivity index (χ1v) is 7.06. The maximum atomic E-state index is 12.2. The molecule has 2 N–H and O–H groups in total. The van der Waals surface area contributed by atoms with Crippen molar-refractivity contribution < 1.29 is 23.1 Å². The molecule has 5 nitrogen and oxygen atoms in total. The minimum Gasteiger partial charge on any atom is -0.435 e. The number of carbonyl (C=O) groups is 2. The number of likely N-dealkylation sites (tertiary alicyclic amines) is 1. The lowest BCUT2D eigenvalue weighted by molar-refractivity contribution is -0.134. The van der Waals surface area contributed by atoms with Crippen LogP contribution < -0.4 is 10.5 Å². The van der Waals surface area contributed by atoms with Gasteiger partial charge in [-0.1, -0.05) is 12.1 Å². The smallest absolute Gasteiger partial charge is 0.387 e. The lowest BCUT2D eigenvalue weighted by Crippen LogP contribution is -2.42. The van der Waals surface area contributed by atoms with Crippen LogP contribution in [0.1, 0.15) is 18.4 Å². The number of piperidine rings is 1. The Morgan fingerprint density at radius 3 is 2.32 bits per heavy atom. The quantitative estimate of drug-likeness (QED) is 0.896. The summed E-state index contributed by atoms with van der Waals surface area (Å²) in [5.41, 5.74) is 5.98. The number of primary amides is 1. The predicted octanol–water partition coefficient (Wildman–Crippen LogP) is 1.55. The van der Waals surface area contributed by atoms with E-state index in [2.05, 4.69) is 4.74 Å². The van der Waals surface area contributed by atoms with E-state index >= 15 is 0 Å². The monoisotopic (exact) mass is 312 g/mol.